The van der Waals surface area contributed by atoms with Crippen LogP contribution in [-0.4, -0.2) is 98.9 Å². The van der Waals surface area contributed by atoms with E-state index in [4.69, 9.17) is 4.74 Å². The number of aliphatic hydroxyl groups excluding tert-OH is 3. The van der Waals surface area contributed by atoms with Gasteiger partial charge in [-0.15, -0.1) is 5.10 Å². The van der Waals surface area contributed by atoms with E-state index in [0.29, 0.717) is 38.8 Å². The van der Waals surface area contributed by atoms with Crippen molar-refractivity contribution in [2.45, 2.75) is 62.2 Å². The Morgan fingerprint density at radius 3 is 2.45 bits per heavy atom. The monoisotopic (exact) mass is 560 g/mol. The number of aliphatic hydroxyl groups is 3. The molecule has 3 N–H and O–H groups in total. The fourth-order valence-corrected chi connectivity index (χ4v) is 7.54. The first-order valence-corrected chi connectivity index (χ1v) is 14.5. The van der Waals surface area contributed by atoms with Gasteiger partial charge in [-0.25, -0.2) is 26.3 Å². The Morgan fingerprint density at radius 1 is 1.11 bits per heavy atom. The molecule has 5 atom stereocenters. The van der Waals surface area contributed by atoms with Crippen LogP contribution in [0.3, 0.4) is 0 Å². The number of aromatic nitrogens is 3. The zero-order valence-electron chi connectivity index (χ0n) is 20.6. The van der Waals surface area contributed by atoms with Crippen LogP contribution in [0.1, 0.15) is 38.1 Å². The average molecular weight is 561 g/mol. The van der Waals surface area contributed by atoms with E-state index in [9.17, 15) is 36.9 Å². The summed E-state index contributed by atoms with van der Waals surface area (Å²) < 4.78 is 72.2. The van der Waals surface area contributed by atoms with Crippen molar-refractivity contribution in [2.75, 3.05) is 31.2 Å². The maximum absolute atomic E-state index is 13.8. The fraction of sp³-hybridized carbons (Fsp3) is 0.667. The molecule has 3 aliphatic heterocycles. The van der Waals surface area contributed by atoms with Gasteiger partial charge in [0.15, 0.2) is 23.2 Å². The van der Waals surface area contributed by atoms with Crippen LogP contribution in [0.4, 0.5) is 13.2 Å². The third-order valence-corrected chi connectivity index (χ3v) is 9.76. The highest BCUT2D eigenvalue weighted by molar-refractivity contribution is 7.91. The van der Waals surface area contributed by atoms with E-state index in [1.54, 1.807) is 0 Å². The Balaban J connectivity index is 1.46. The van der Waals surface area contributed by atoms with Gasteiger partial charge in [0.05, 0.1) is 24.3 Å². The highest BCUT2D eigenvalue weighted by Crippen LogP contribution is 2.44. The molecule has 1 aromatic heterocycles. The smallest absolute Gasteiger partial charge is 0.194 e. The number of likely N-dealkylation sites (tertiary alicyclic amines) is 1. The molecule has 3 aliphatic rings. The SMILES string of the molecule is O=S1(=O)CCC(CN2CCCCC23O[C@H](CO)[C@H](O)[C@H](n2cc(-c4cc(F)c(F)c(F)c4)nn2)[C@H]3O)CC1. The zero-order chi connectivity index (χ0) is 27.2. The van der Waals surface area contributed by atoms with Gasteiger partial charge < -0.3 is 20.1 Å². The molecule has 1 aromatic carbocycles. The van der Waals surface area contributed by atoms with Crippen molar-refractivity contribution in [3.63, 3.8) is 0 Å². The second-order valence-corrected chi connectivity index (χ2v) is 12.7. The predicted octanol–water partition coefficient (Wildman–Crippen LogP) is 1.02. The van der Waals surface area contributed by atoms with Crippen LogP contribution in [-0.2, 0) is 14.6 Å². The van der Waals surface area contributed by atoms with E-state index < -0.39 is 64.0 Å². The van der Waals surface area contributed by atoms with Crippen molar-refractivity contribution >= 4 is 9.84 Å². The molecule has 210 valence electrons. The third kappa shape index (κ3) is 4.97. The zero-order valence-corrected chi connectivity index (χ0v) is 21.4. The van der Waals surface area contributed by atoms with Crippen molar-refractivity contribution in [3.8, 4) is 11.3 Å². The molecule has 3 saturated heterocycles. The van der Waals surface area contributed by atoms with Crippen LogP contribution in [0, 0.1) is 23.4 Å². The summed E-state index contributed by atoms with van der Waals surface area (Å²) in [5.74, 6) is -4.12. The van der Waals surface area contributed by atoms with Crippen LogP contribution >= 0.6 is 0 Å². The fourth-order valence-electron chi connectivity index (χ4n) is 5.96. The minimum atomic E-state index is -3.05. The van der Waals surface area contributed by atoms with Gasteiger partial charge in [-0.05, 0) is 50.2 Å². The van der Waals surface area contributed by atoms with Gasteiger partial charge in [0.1, 0.15) is 39.9 Å². The summed E-state index contributed by atoms with van der Waals surface area (Å²) in [5, 5.41) is 40.7. The van der Waals surface area contributed by atoms with Crippen molar-refractivity contribution in [1.29, 1.82) is 0 Å². The lowest BCUT2D eigenvalue weighted by Gasteiger charge is -2.57. The predicted molar refractivity (Wildman–Crippen MR) is 128 cm³/mol. The molecule has 5 rings (SSSR count). The Labute approximate surface area is 217 Å². The summed E-state index contributed by atoms with van der Waals surface area (Å²) in [6, 6.07) is 0.411. The topological polar surface area (TPSA) is 138 Å². The molecule has 1 unspecified atom stereocenters. The number of benzene rings is 1. The second kappa shape index (κ2) is 10.5. The number of halogens is 3. The number of sulfone groups is 1. The van der Waals surface area contributed by atoms with Gasteiger partial charge in [-0.1, -0.05) is 5.21 Å². The average Bonchev–Trinajstić information content (AvgIpc) is 3.37. The summed E-state index contributed by atoms with van der Waals surface area (Å²) in [4.78, 5) is 1.98. The quantitative estimate of drug-likeness (QED) is 0.458. The van der Waals surface area contributed by atoms with Crippen LogP contribution < -0.4 is 0 Å². The van der Waals surface area contributed by atoms with Crippen molar-refractivity contribution < 1.29 is 41.6 Å². The maximum atomic E-state index is 13.8. The molecular weight excluding hydrogens is 529 g/mol. The maximum Gasteiger partial charge on any atom is 0.194 e. The molecule has 4 heterocycles. The molecule has 3 fully saturated rings. The largest absolute Gasteiger partial charge is 0.394 e. The van der Waals surface area contributed by atoms with Crippen LogP contribution in [0.25, 0.3) is 11.3 Å². The molecule has 0 bridgehead atoms. The normalized spacial score (nSPS) is 32.6. The molecular formula is C24H31F3N4O6S. The van der Waals surface area contributed by atoms with E-state index in [1.807, 2.05) is 4.90 Å². The number of hydrogen-bond acceptors (Lipinski definition) is 9. The minimum absolute atomic E-state index is 0.00722. The molecule has 0 amide bonds. The molecule has 1 spiro atoms. The summed E-state index contributed by atoms with van der Waals surface area (Å²) in [7, 11) is -3.05. The Morgan fingerprint density at radius 2 is 1.79 bits per heavy atom. The van der Waals surface area contributed by atoms with Crippen molar-refractivity contribution in [1.82, 2.24) is 19.9 Å². The summed E-state index contributed by atoms with van der Waals surface area (Å²) in [5.41, 5.74) is -1.37. The number of ether oxygens (including phenoxy) is 1. The number of hydrogen-bond donors (Lipinski definition) is 3. The van der Waals surface area contributed by atoms with E-state index in [1.165, 1.54) is 10.9 Å². The Bertz CT molecular complexity index is 1240. The van der Waals surface area contributed by atoms with Gasteiger partial charge >= 0.3 is 0 Å². The van der Waals surface area contributed by atoms with Gasteiger partial charge in [-0.2, -0.15) is 0 Å². The van der Waals surface area contributed by atoms with Crippen LogP contribution in [0.5, 0.6) is 0 Å². The molecule has 2 aromatic rings. The first-order chi connectivity index (χ1) is 18.0. The Kier molecular flexibility index (Phi) is 7.57. The van der Waals surface area contributed by atoms with Gasteiger partial charge in [0, 0.05) is 18.7 Å². The molecule has 0 aliphatic carbocycles. The summed E-state index contributed by atoms with van der Waals surface area (Å²) >= 11 is 0. The molecule has 14 heteroatoms. The summed E-state index contributed by atoms with van der Waals surface area (Å²) in [6.07, 6.45) is 0.396. The highest BCUT2D eigenvalue weighted by Gasteiger charge is 2.58. The van der Waals surface area contributed by atoms with Gasteiger partial charge in [-0.3, -0.25) is 4.90 Å². The van der Waals surface area contributed by atoms with E-state index >= 15 is 0 Å². The number of rotatable bonds is 5. The second-order valence-electron chi connectivity index (χ2n) is 10.4. The van der Waals surface area contributed by atoms with Crippen LogP contribution in [0.15, 0.2) is 18.3 Å². The molecule has 0 saturated carbocycles. The number of nitrogens with zero attached hydrogens (tertiary/aromatic N) is 4. The van der Waals surface area contributed by atoms with Crippen LogP contribution in [0.2, 0.25) is 0 Å². The standard InChI is InChI=1S/C24H31F3N4O6S/c25-16-9-15(10-17(26)20(16)27)18-12-31(29-28-18)21-22(33)19(13-32)37-24(23(21)34)5-1-2-6-30(24)11-14-3-7-38(35,36)8-4-14/h9-10,12,14,19,21-23,32-34H,1-8,11,13H2/t19-,21+,22+,23-,24?/m1/s1. The van der Waals surface area contributed by atoms with Crippen molar-refractivity contribution in [3.05, 3.63) is 35.8 Å². The third-order valence-electron chi connectivity index (χ3n) is 8.05. The Hall–Kier alpha value is -2.10. The van der Waals surface area contributed by atoms with E-state index in [0.717, 1.165) is 18.6 Å². The lowest BCUT2D eigenvalue weighted by Crippen LogP contribution is -2.71. The minimum Gasteiger partial charge on any atom is -0.394 e. The summed E-state index contributed by atoms with van der Waals surface area (Å²) in [6.45, 7) is 0.500. The van der Waals surface area contributed by atoms with Crippen molar-refractivity contribution in [2.24, 2.45) is 5.92 Å². The molecule has 0 radical (unpaired) electrons. The lowest BCUT2D eigenvalue weighted by molar-refractivity contribution is -0.318. The first kappa shape index (κ1) is 27.5. The lowest BCUT2D eigenvalue weighted by atomic mass is 9.81. The van der Waals surface area contributed by atoms with Gasteiger partial charge in [0.2, 0.25) is 0 Å². The van der Waals surface area contributed by atoms with E-state index in [-0.39, 0.29) is 28.7 Å². The highest BCUT2D eigenvalue weighted by atomic mass is 32.2. The first-order valence-electron chi connectivity index (χ1n) is 12.7. The van der Waals surface area contributed by atoms with Gasteiger partial charge in [0.25, 0.3) is 0 Å². The molecule has 38 heavy (non-hydrogen) atoms. The number of piperidine rings is 1. The molecule has 10 nitrogen and oxygen atoms in total. The van der Waals surface area contributed by atoms with E-state index in [2.05, 4.69) is 10.3 Å².